The highest BCUT2D eigenvalue weighted by Crippen LogP contribution is 2.39. The molecular formula is C16H32N2O2. The average Bonchev–Trinajstić information content (AvgIpc) is 2.33. The van der Waals surface area contributed by atoms with E-state index in [1.807, 2.05) is 6.92 Å². The number of carbonyl (C=O) groups excluding carboxylic acids is 1. The highest BCUT2D eigenvalue weighted by molar-refractivity contribution is 5.78. The summed E-state index contributed by atoms with van der Waals surface area (Å²) in [5.74, 6) is 0.439. The van der Waals surface area contributed by atoms with Crippen LogP contribution < -0.4 is 10.6 Å². The van der Waals surface area contributed by atoms with Crippen molar-refractivity contribution < 1.29 is 9.90 Å². The fourth-order valence-corrected chi connectivity index (χ4v) is 2.45. The first kappa shape index (κ1) is 17.4. The van der Waals surface area contributed by atoms with Crippen molar-refractivity contribution >= 4 is 5.91 Å². The Hall–Kier alpha value is -0.610. The number of hydrogen-bond donors (Lipinski definition) is 3. The molecule has 1 aliphatic carbocycles. The number of amides is 1. The van der Waals surface area contributed by atoms with E-state index in [1.165, 1.54) is 0 Å². The predicted molar refractivity (Wildman–Crippen MR) is 82.5 cm³/mol. The van der Waals surface area contributed by atoms with Crippen LogP contribution in [0, 0.1) is 11.3 Å². The second-order valence-electron chi connectivity index (χ2n) is 7.59. The molecule has 0 aromatic heterocycles. The minimum Gasteiger partial charge on any atom is -0.389 e. The Morgan fingerprint density at radius 3 is 2.20 bits per heavy atom. The normalized spacial score (nSPS) is 22.6. The van der Waals surface area contributed by atoms with Crippen molar-refractivity contribution in [3.05, 3.63) is 0 Å². The molecule has 4 heteroatoms. The molecule has 0 aromatic rings. The zero-order valence-electron chi connectivity index (χ0n) is 13.8. The first-order chi connectivity index (χ1) is 9.14. The summed E-state index contributed by atoms with van der Waals surface area (Å²) in [7, 11) is 0. The first-order valence-corrected chi connectivity index (χ1v) is 7.86. The molecule has 1 unspecified atom stereocenters. The van der Waals surface area contributed by atoms with E-state index in [4.69, 9.17) is 0 Å². The van der Waals surface area contributed by atoms with Gasteiger partial charge in [0.05, 0.1) is 12.1 Å². The summed E-state index contributed by atoms with van der Waals surface area (Å²) in [4.78, 5) is 11.8. The lowest BCUT2D eigenvalue weighted by molar-refractivity contribution is -0.121. The lowest BCUT2D eigenvalue weighted by Gasteiger charge is -2.40. The average molecular weight is 284 g/mol. The standard InChI is InChI=1S/C16H32N2O2/c1-12(2)13(3)18-14(19)10-17-11-16(20)8-6-15(4,5)7-9-16/h12-13,17,20H,6-11H2,1-5H3,(H,18,19). The molecule has 3 N–H and O–H groups in total. The molecule has 1 rings (SSSR count). The van der Waals surface area contributed by atoms with Gasteiger partial charge in [-0.15, -0.1) is 0 Å². The van der Waals surface area contributed by atoms with Crippen LogP contribution in [-0.4, -0.2) is 35.7 Å². The maximum Gasteiger partial charge on any atom is 0.234 e. The van der Waals surface area contributed by atoms with Gasteiger partial charge in [0.25, 0.3) is 0 Å². The van der Waals surface area contributed by atoms with Crippen molar-refractivity contribution in [2.45, 2.75) is 71.9 Å². The van der Waals surface area contributed by atoms with Gasteiger partial charge in [-0.25, -0.2) is 0 Å². The largest absolute Gasteiger partial charge is 0.389 e. The third-order valence-electron chi connectivity index (χ3n) is 4.66. The summed E-state index contributed by atoms with van der Waals surface area (Å²) in [5.41, 5.74) is -0.296. The van der Waals surface area contributed by atoms with E-state index in [0.717, 1.165) is 25.7 Å². The van der Waals surface area contributed by atoms with Crippen LogP contribution >= 0.6 is 0 Å². The van der Waals surface area contributed by atoms with Crippen LogP contribution in [0.5, 0.6) is 0 Å². The molecule has 0 spiro atoms. The second kappa shape index (κ2) is 6.90. The molecule has 1 aliphatic rings. The van der Waals surface area contributed by atoms with Crippen molar-refractivity contribution in [1.82, 2.24) is 10.6 Å². The molecule has 0 bridgehead atoms. The van der Waals surface area contributed by atoms with E-state index in [-0.39, 0.29) is 18.5 Å². The lowest BCUT2D eigenvalue weighted by Crippen LogP contribution is -2.48. The van der Waals surface area contributed by atoms with E-state index in [9.17, 15) is 9.90 Å². The van der Waals surface area contributed by atoms with Crippen LogP contribution in [0.3, 0.4) is 0 Å². The first-order valence-electron chi connectivity index (χ1n) is 7.86. The maximum atomic E-state index is 11.8. The topological polar surface area (TPSA) is 61.4 Å². The van der Waals surface area contributed by atoms with Crippen molar-refractivity contribution in [2.75, 3.05) is 13.1 Å². The zero-order chi connectivity index (χ0) is 15.4. The quantitative estimate of drug-likeness (QED) is 0.700. The number of nitrogens with one attached hydrogen (secondary N) is 2. The van der Waals surface area contributed by atoms with Crippen molar-refractivity contribution in [1.29, 1.82) is 0 Å². The van der Waals surface area contributed by atoms with E-state index in [1.54, 1.807) is 0 Å². The van der Waals surface area contributed by atoms with Crippen LogP contribution in [0.1, 0.15) is 60.3 Å². The summed E-state index contributed by atoms with van der Waals surface area (Å²) in [6, 6.07) is 0.183. The molecule has 118 valence electrons. The van der Waals surface area contributed by atoms with E-state index in [0.29, 0.717) is 17.9 Å². The molecular weight excluding hydrogens is 252 g/mol. The van der Waals surface area contributed by atoms with Gasteiger partial charge in [0.15, 0.2) is 0 Å². The summed E-state index contributed by atoms with van der Waals surface area (Å²) in [6.45, 7) is 11.5. The zero-order valence-corrected chi connectivity index (χ0v) is 13.8. The van der Waals surface area contributed by atoms with Crippen molar-refractivity contribution in [2.24, 2.45) is 11.3 Å². The number of hydrogen-bond acceptors (Lipinski definition) is 3. The Labute approximate surface area is 123 Å². The van der Waals surface area contributed by atoms with Gasteiger partial charge in [-0.2, -0.15) is 0 Å². The number of rotatable bonds is 6. The lowest BCUT2D eigenvalue weighted by atomic mass is 9.71. The molecule has 20 heavy (non-hydrogen) atoms. The molecule has 4 nitrogen and oxygen atoms in total. The van der Waals surface area contributed by atoms with Crippen LogP contribution in [0.2, 0.25) is 0 Å². The molecule has 0 heterocycles. The summed E-state index contributed by atoms with van der Waals surface area (Å²) in [5, 5.41) is 16.6. The van der Waals surface area contributed by atoms with E-state index in [2.05, 4.69) is 38.3 Å². The van der Waals surface area contributed by atoms with Gasteiger partial charge < -0.3 is 15.7 Å². The minimum absolute atomic E-state index is 0.00550. The van der Waals surface area contributed by atoms with Gasteiger partial charge in [-0.05, 0) is 43.9 Å². The Morgan fingerprint density at radius 2 is 1.70 bits per heavy atom. The van der Waals surface area contributed by atoms with Gasteiger partial charge in [0.1, 0.15) is 0 Å². The van der Waals surface area contributed by atoms with Crippen LogP contribution in [0.4, 0.5) is 0 Å². The van der Waals surface area contributed by atoms with Gasteiger partial charge >= 0.3 is 0 Å². The predicted octanol–water partition coefficient (Wildman–Crippen LogP) is 2.07. The Kier molecular flexibility index (Phi) is 6.02. The van der Waals surface area contributed by atoms with Gasteiger partial charge in [0, 0.05) is 12.6 Å². The third-order valence-corrected chi connectivity index (χ3v) is 4.66. The molecule has 1 fully saturated rings. The highest BCUT2D eigenvalue weighted by atomic mass is 16.3. The minimum atomic E-state index is -0.639. The Bertz CT molecular complexity index is 316. The molecule has 0 saturated heterocycles. The number of aliphatic hydroxyl groups is 1. The Balaban J connectivity index is 2.25. The van der Waals surface area contributed by atoms with Gasteiger partial charge in [-0.1, -0.05) is 27.7 Å². The molecule has 0 aliphatic heterocycles. The van der Waals surface area contributed by atoms with Crippen molar-refractivity contribution in [3.63, 3.8) is 0 Å². The van der Waals surface area contributed by atoms with Crippen LogP contribution in [-0.2, 0) is 4.79 Å². The molecule has 1 saturated carbocycles. The molecule has 1 amide bonds. The van der Waals surface area contributed by atoms with Crippen LogP contribution in [0.15, 0.2) is 0 Å². The molecule has 0 aromatic carbocycles. The number of carbonyl (C=O) groups is 1. The SMILES string of the molecule is CC(C)C(C)NC(=O)CNCC1(O)CCC(C)(C)CC1. The molecule has 1 atom stereocenters. The summed E-state index contributed by atoms with van der Waals surface area (Å²) < 4.78 is 0. The fourth-order valence-electron chi connectivity index (χ4n) is 2.45. The highest BCUT2D eigenvalue weighted by Gasteiger charge is 2.36. The van der Waals surface area contributed by atoms with Crippen molar-refractivity contribution in [3.8, 4) is 0 Å². The third kappa shape index (κ3) is 5.80. The summed E-state index contributed by atoms with van der Waals surface area (Å²) >= 11 is 0. The van der Waals surface area contributed by atoms with Crippen LogP contribution in [0.25, 0.3) is 0 Å². The maximum absolute atomic E-state index is 11.8. The van der Waals surface area contributed by atoms with Gasteiger partial charge in [0.2, 0.25) is 5.91 Å². The van der Waals surface area contributed by atoms with E-state index >= 15 is 0 Å². The van der Waals surface area contributed by atoms with E-state index < -0.39 is 5.60 Å². The summed E-state index contributed by atoms with van der Waals surface area (Å²) in [6.07, 6.45) is 3.72. The molecule has 0 radical (unpaired) electrons. The Morgan fingerprint density at radius 1 is 1.15 bits per heavy atom. The fraction of sp³-hybridized carbons (Fsp3) is 0.938. The second-order valence-corrected chi connectivity index (χ2v) is 7.59. The smallest absolute Gasteiger partial charge is 0.234 e. The monoisotopic (exact) mass is 284 g/mol. The van der Waals surface area contributed by atoms with Gasteiger partial charge in [-0.3, -0.25) is 4.79 Å².